The van der Waals surface area contributed by atoms with Crippen LogP contribution in [0.2, 0.25) is 0 Å². The number of hydrogen-bond acceptors (Lipinski definition) is 4. The smallest absolute Gasteiger partial charge is 0.418 e. The van der Waals surface area contributed by atoms with E-state index in [1.165, 1.54) is 43.5 Å². The number of carbonyl (C=O) groups is 2. The molecule has 168 valence electrons. The van der Waals surface area contributed by atoms with Crippen LogP contribution >= 0.6 is 0 Å². The van der Waals surface area contributed by atoms with Crippen molar-refractivity contribution in [2.24, 2.45) is 0 Å². The van der Waals surface area contributed by atoms with Crippen molar-refractivity contribution in [2.45, 2.75) is 26.1 Å². The van der Waals surface area contributed by atoms with Gasteiger partial charge in [-0.2, -0.15) is 13.2 Å². The SMILES string of the molecule is Cc1occc1C(=O)Nc1cc(NC(C)C(=O)Nc2ccccc2C(F)(F)F)ccc1F. The third-order valence-electron chi connectivity index (χ3n) is 4.58. The number of benzene rings is 2. The lowest BCUT2D eigenvalue weighted by Crippen LogP contribution is -2.32. The van der Waals surface area contributed by atoms with E-state index in [1.807, 2.05) is 0 Å². The van der Waals surface area contributed by atoms with E-state index in [9.17, 15) is 27.2 Å². The van der Waals surface area contributed by atoms with Crippen molar-refractivity contribution >= 4 is 28.9 Å². The number of carbonyl (C=O) groups excluding carboxylic acids is 2. The second-order valence-electron chi connectivity index (χ2n) is 6.94. The molecule has 0 aliphatic rings. The van der Waals surface area contributed by atoms with Gasteiger partial charge in [0.2, 0.25) is 5.91 Å². The number of para-hydroxylation sites is 1. The van der Waals surface area contributed by atoms with Crippen LogP contribution in [0.5, 0.6) is 0 Å². The molecule has 2 amide bonds. The molecule has 1 unspecified atom stereocenters. The van der Waals surface area contributed by atoms with E-state index >= 15 is 0 Å². The molecular weight excluding hydrogens is 430 g/mol. The van der Waals surface area contributed by atoms with Gasteiger partial charge in [-0.05, 0) is 50.2 Å². The number of rotatable bonds is 6. The number of halogens is 4. The largest absolute Gasteiger partial charge is 0.469 e. The van der Waals surface area contributed by atoms with E-state index in [1.54, 1.807) is 6.92 Å². The normalized spacial score (nSPS) is 12.2. The van der Waals surface area contributed by atoms with Crippen LogP contribution in [-0.2, 0) is 11.0 Å². The van der Waals surface area contributed by atoms with E-state index in [-0.39, 0.29) is 22.6 Å². The first kappa shape index (κ1) is 22.9. The van der Waals surface area contributed by atoms with Crippen LogP contribution in [0.3, 0.4) is 0 Å². The lowest BCUT2D eigenvalue weighted by atomic mass is 10.1. The zero-order valence-electron chi connectivity index (χ0n) is 17.0. The summed E-state index contributed by atoms with van der Waals surface area (Å²) in [6.07, 6.45) is -3.30. The van der Waals surface area contributed by atoms with Crippen molar-refractivity contribution < 1.29 is 31.6 Å². The zero-order valence-corrected chi connectivity index (χ0v) is 17.0. The number of anilines is 3. The van der Waals surface area contributed by atoms with Gasteiger partial charge in [0.15, 0.2) is 0 Å². The molecule has 2 aromatic carbocycles. The van der Waals surface area contributed by atoms with Gasteiger partial charge in [-0.25, -0.2) is 4.39 Å². The van der Waals surface area contributed by atoms with Crippen LogP contribution in [0.1, 0.15) is 28.6 Å². The molecule has 0 saturated heterocycles. The van der Waals surface area contributed by atoms with Gasteiger partial charge in [-0.3, -0.25) is 9.59 Å². The van der Waals surface area contributed by atoms with Crippen LogP contribution in [0.4, 0.5) is 34.6 Å². The van der Waals surface area contributed by atoms with Crippen LogP contribution in [0, 0.1) is 12.7 Å². The lowest BCUT2D eigenvalue weighted by Gasteiger charge is -2.18. The second kappa shape index (κ2) is 9.13. The zero-order chi connectivity index (χ0) is 23.5. The summed E-state index contributed by atoms with van der Waals surface area (Å²) in [5.41, 5.74) is -0.977. The summed E-state index contributed by atoms with van der Waals surface area (Å²) >= 11 is 0. The lowest BCUT2D eigenvalue weighted by molar-refractivity contribution is -0.137. The summed E-state index contributed by atoms with van der Waals surface area (Å²) < 4.78 is 58.6. The standard InChI is InChI=1S/C22H19F4N3O3/c1-12(20(30)28-18-6-4-3-5-16(18)22(24,25)26)27-14-7-8-17(23)19(11-14)29-21(31)15-9-10-32-13(15)2/h3-12,27H,1-2H3,(H,28,30)(H,29,31). The van der Waals surface area contributed by atoms with Crippen molar-refractivity contribution in [2.75, 3.05) is 16.0 Å². The molecule has 0 saturated carbocycles. The Morgan fingerprint density at radius 2 is 1.72 bits per heavy atom. The van der Waals surface area contributed by atoms with Crippen LogP contribution in [-0.4, -0.2) is 17.9 Å². The first-order valence-corrected chi connectivity index (χ1v) is 9.45. The van der Waals surface area contributed by atoms with Crippen LogP contribution < -0.4 is 16.0 Å². The van der Waals surface area contributed by atoms with Crippen molar-refractivity contribution in [1.29, 1.82) is 0 Å². The van der Waals surface area contributed by atoms with Gasteiger partial charge in [-0.1, -0.05) is 12.1 Å². The molecule has 1 heterocycles. The maximum atomic E-state index is 14.2. The molecule has 0 bridgehead atoms. The van der Waals surface area contributed by atoms with E-state index < -0.39 is 35.4 Å². The average molecular weight is 449 g/mol. The summed E-state index contributed by atoms with van der Waals surface area (Å²) in [4.78, 5) is 24.7. The fourth-order valence-corrected chi connectivity index (χ4v) is 2.92. The number of hydrogen-bond donors (Lipinski definition) is 3. The molecule has 3 rings (SSSR count). The van der Waals surface area contributed by atoms with Crippen LogP contribution in [0.15, 0.2) is 59.2 Å². The number of nitrogens with one attached hydrogen (secondary N) is 3. The molecule has 3 N–H and O–H groups in total. The number of alkyl halides is 3. The average Bonchev–Trinajstić information content (AvgIpc) is 3.16. The molecule has 0 aliphatic heterocycles. The first-order chi connectivity index (χ1) is 15.1. The fourth-order valence-electron chi connectivity index (χ4n) is 2.92. The summed E-state index contributed by atoms with van der Waals surface area (Å²) in [6, 6.07) is 8.78. The van der Waals surface area contributed by atoms with E-state index in [0.717, 1.165) is 18.2 Å². The molecular formula is C22H19F4N3O3. The third kappa shape index (κ3) is 5.26. The number of furan rings is 1. The Hall–Kier alpha value is -3.82. The molecule has 1 atom stereocenters. The minimum atomic E-state index is -4.63. The molecule has 32 heavy (non-hydrogen) atoms. The Morgan fingerprint density at radius 3 is 2.38 bits per heavy atom. The Kier molecular flexibility index (Phi) is 6.52. The predicted octanol–water partition coefficient (Wildman–Crippen LogP) is 5.44. The van der Waals surface area contributed by atoms with Crippen molar-refractivity contribution in [1.82, 2.24) is 0 Å². The molecule has 0 spiro atoms. The molecule has 10 heteroatoms. The highest BCUT2D eigenvalue weighted by Gasteiger charge is 2.33. The van der Waals surface area contributed by atoms with Crippen LogP contribution in [0.25, 0.3) is 0 Å². The molecule has 0 radical (unpaired) electrons. The highest BCUT2D eigenvalue weighted by Crippen LogP contribution is 2.34. The predicted molar refractivity (Wildman–Crippen MR) is 111 cm³/mol. The molecule has 6 nitrogen and oxygen atoms in total. The third-order valence-corrected chi connectivity index (χ3v) is 4.58. The van der Waals surface area contributed by atoms with Crippen molar-refractivity contribution in [3.05, 3.63) is 77.5 Å². The Balaban J connectivity index is 1.71. The number of amides is 2. The highest BCUT2D eigenvalue weighted by molar-refractivity contribution is 6.05. The van der Waals surface area contributed by atoms with E-state index in [0.29, 0.717) is 5.76 Å². The molecule has 0 aliphatic carbocycles. The maximum Gasteiger partial charge on any atom is 0.418 e. The van der Waals surface area contributed by atoms with Crippen molar-refractivity contribution in [3.63, 3.8) is 0 Å². The second-order valence-corrected chi connectivity index (χ2v) is 6.94. The monoisotopic (exact) mass is 449 g/mol. The number of aryl methyl sites for hydroxylation is 1. The quantitative estimate of drug-likeness (QED) is 0.438. The highest BCUT2D eigenvalue weighted by atomic mass is 19.4. The van der Waals surface area contributed by atoms with E-state index in [4.69, 9.17) is 4.42 Å². The van der Waals surface area contributed by atoms with Gasteiger partial charge in [0.1, 0.15) is 17.6 Å². The van der Waals surface area contributed by atoms with Gasteiger partial charge in [0.25, 0.3) is 5.91 Å². The summed E-state index contributed by atoms with van der Waals surface area (Å²) in [7, 11) is 0. The summed E-state index contributed by atoms with van der Waals surface area (Å²) in [5, 5.41) is 7.44. The Morgan fingerprint density at radius 1 is 1.00 bits per heavy atom. The Bertz CT molecular complexity index is 1140. The van der Waals surface area contributed by atoms with Gasteiger partial charge in [0, 0.05) is 5.69 Å². The van der Waals surface area contributed by atoms with E-state index in [2.05, 4.69) is 16.0 Å². The van der Waals surface area contributed by atoms with Gasteiger partial charge in [0.05, 0.1) is 28.8 Å². The molecule has 0 fully saturated rings. The van der Waals surface area contributed by atoms with Gasteiger partial charge in [-0.15, -0.1) is 0 Å². The summed E-state index contributed by atoms with van der Waals surface area (Å²) in [5.74, 6) is -1.66. The minimum Gasteiger partial charge on any atom is -0.469 e. The maximum absolute atomic E-state index is 14.2. The first-order valence-electron chi connectivity index (χ1n) is 9.45. The topological polar surface area (TPSA) is 83.4 Å². The molecule has 3 aromatic rings. The Labute approximate surface area is 180 Å². The minimum absolute atomic E-state index is 0.143. The van der Waals surface area contributed by atoms with Gasteiger partial charge < -0.3 is 20.4 Å². The van der Waals surface area contributed by atoms with Crippen molar-refractivity contribution in [3.8, 4) is 0 Å². The van der Waals surface area contributed by atoms with Gasteiger partial charge >= 0.3 is 6.18 Å². The fraction of sp³-hybridized carbons (Fsp3) is 0.182. The summed E-state index contributed by atoms with van der Waals surface area (Å²) in [6.45, 7) is 3.02. The molecule has 1 aromatic heterocycles.